The molecule has 7 heteroatoms. The molecule has 0 amide bonds. The third-order valence-corrected chi connectivity index (χ3v) is 4.01. The molecule has 1 atom stereocenters. The van der Waals surface area contributed by atoms with Gasteiger partial charge in [0, 0.05) is 10.4 Å². The van der Waals surface area contributed by atoms with Crippen LogP contribution in [0.5, 0.6) is 0 Å². The molecule has 0 radical (unpaired) electrons. The quantitative estimate of drug-likeness (QED) is 0.832. The molecule has 1 N–H and O–H groups in total. The van der Waals surface area contributed by atoms with Crippen LogP contribution in [0.25, 0.3) is 0 Å². The van der Waals surface area contributed by atoms with Gasteiger partial charge < -0.3 is 5.11 Å². The number of aromatic nitrogens is 3. The minimum atomic E-state index is -1.33. The van der Waals surface area contributed by atoms with Crippen molar-refractivity contribution in [2.24, 2.45) is 10.6 Å². The van der Waals surface area contributed by atoms with Crippen molar-refractivity contribution in [3.05, 3.63) is 52.4 Å². The van der Waals surface area contributed by atoms with Crippen LogP contribution in [0.3, 0.4) is 0 Å². The van der Waals surface area contributed by atoms with Gasteiger partial charge in [0.2, 0.25) is 0 Å². The summed E-state index contributed by atoms with van der Waals surface area (Å²) in [5.74, 6) is 0. The summed E-state index contributed by atoms with van der Waals surface area (Å²) >= 11 is 5.90. The van der Waals surface area contributed by atoms with Gasteiger partial charge in [-0.1, -0.05) is 42.8 Å². The summed E-state index contributed by atoms with van der Waals surface area (Å²) in [6.07, 6.45) is 2.92. The van der Waals surface area contributed by atoms with Gasteiger partial charge in [-0.3, -0.25) is 0 Å². The summed E-state index contributed by atoms with van der Waals surface area (Å²) in [6, 6.07) is 6.89. The summed E-state index contributed by atoms with van der Waals surface area (Å²) < 4.78 is 1.53. The third kappa shape index (κ3) is 3.11. The molecule has 1 unspecified atom stereocenters. The van der Waals surface area contributed by atoms with E-state index in [4.69, 9.17) is 11.6 Å². The summed E-state index contributed by atoms with van der Waals surface area (Å²) in [5, 5.41) is 18.8. The first kappa shape index (κ1) is 15.6. The lowest BCUT2D eigenvalue weighted by Gasteiger charge is -2.41. The molecule has 2 aromatic rings. The molecule has 2 rings (SSSR count). The normalized spacial score (nSPS) is 14.7. The molecule has 0 saturated carbocycles. The van der Waals surface area contributed by atoms with Gasteiger partial charge in [-0.2, -0.15) is 10.0 Å². The van der Waals surface area contributed by atoms with Crippen molar-refractivity contribution in [1.29, 1.82) is 0 Å². The van der Waals surface area contributed by atoms with E-state index >= 15 is 0 Å². The van der Waals surface area contributed by atoms with E-state index in [0.717, 1.165) is 0 Å². The highest BCUT2D eigenvalue weighted by Crippen LogP contribution is 2.41. The standard InChI is InChI=1S/C14H17ClN4O2/c1-13(2,7-18-21)14(20,8-19-10-16-9-17-19)11-3-5-12(15)6-4-11/h3-6,9-10,20H,7-8H2,1-2H3. The van der Waals surface area contributed by atoms with Gasteiger partial charge in [-0.15, -0.1) is 0 Å². The van der Waals surface area contributed by atoms with Crippen molar-refractivity contribution in [2.75, 3.05) is 6.54 Å². The Morgan fingerprint density at radius 1 is 1.33 bits per heavy atom. The number of nitroso groups, excluding NO2 is 1. The lowest BCUT2D eigenvalue weighted by Crippen LogP contribution is -2.47. The smallest absolute Gasteiger partial charge is 0.137 e. The summed E-state index contributed by atoms with van der Waals surface area (Å²) in [7, 11) is 0. The van der Waals surface area contributed by atoms with Crippen molar-refractivity contribution in [3.8, 4) is 0 Å². The molecule has 1 aromatic carbocycles. The number of halogens is 1. The number of hydrogen-bond donors (Lipinski definition) is 1. The van der Waals surface area contributed by atoms with E-state index in [-0.39, 0.29) is 13.1 Å². The molecule has 0 spiro atoms. The molecule has 0 fully saturated rings. The Balaban J connectivity index is 2.47. The molecule has 21 heavy (non-hydrogen) atoms. The maximum Gasteiger partial charge on any atom is 0.137 e. The SMILES string of the molecule is CC(C)(CN=O)C(O)(Cn1cncn1)c1ccc(Cl)cc1. The Bertz CT molecular complexity index is 598. The molecule has 1 heterocycles. The van der Waals surface area contributed by atoms with E-state index < -0.39 is 11.0 Å². The van der Waals surface area contributed by atoms with E-state index in [1.54, 1.807) is 38.1 Å². The van der Waals surface area contributed by atoms with Gasteiger partial charge in [0.25, 0.3) is 0 Å². The second kappa shape index (κ2) is 5.91. The lowest BCUT2D eigenvalue weighted by molar-refractivity contribution is -0.0848. The van der Waals surface area contributed by atoms with Gasteiger partial charge in [-0.25, -0.2) is 9.67 Å². The van der Waals surface area contributed by atoms with E-state index in [9.17, 15) is 10.0 Å². The van der Waals surface area contributed by atoms with E-state index in [1.165, 1.54) is 17.3 Å². The minimum absolute atomic E-state index is 0.0270. The highest BCUT2D eigenvalue weighted by molar-refractivity contribution is 6.30. The van der Waals surface area contributed by atoms with E-state index in [1.807, 2.05) is 0 Å². The number of rotatable bonds is 6. The molecule has 6 nitrogen and oxygen atoms in total. The average molecular weight is 309 g/mol. The number of benzene rings is 1. The maximum atomic E-state index is 11.3. The molecule has 0 saturated heterocycles. The van der Waals surface area contributed by atoms with Crippen LogP contribution in [0, 0.1) is 10.3 Å². The van der Waals surface area contributed by atoms with Crippen LogP contribution in [0.1, 0.15) is 19.4 Å². The fourth-order valence-corrected chi connectivity index (χ4v) is 2.39. The largest absolute Gasteiger partial charge is 0.383 e. The monoisotopic (exact) mass is 308 g/mol. The zero-order chi connectivity index (χ0) is 15.5. The van der Waals surface area contributed by atoms with E-state index in [2.05, 4.69) is 15.3 Å². The van der Waals surface area contributed by atoms with Crippen LogP contribution >= 0.6 is 11.6 Å². The fraction of sp³-hybridized carbons (Fsp3) is 0.429. The zero-order valence-electron chi connectivity index (χ0n) is 11.9. The Hall–Kier alpha value is -1.79. The van der Waals surface area contributed by atoms with Crippen molar-refractivity contribution in [2.45, 2.75) is 26.0 Å². The average Bonchev–Trinajstić information content (AvgIpc) is 2.91. The summed E-state index contributed by atoms with van der Waals surface area (Å²) in [6.45, 7) is 3.72. The van der Waals surface area contributed by atoms with Crippen molar-refractivity contribution in [3.63, 3.8) is 0 Å². The molecule has 0 aliphatic carbocycles. The Labute approximate surface area is 127 Å². The third-order valence-electron chi connectivity index (χ3n) is 3.76. The molecule has 112 valence electrons. The molecule has 0 bridgehead atoms. The topological polar surface area (TPSA) is 80.4 Å². The predicted molar refractivity (Wildman–Crippen MR) is 79.8 cm³/mol. The molecular formula is C14H17ClN4O2. The summed E-state index contributed by atoms with van der Waals surface area (Å²) in [5.41, 5.74) is -1.47. The Morgan fingerprint density at radius 3 is 2.52 bits per heavy atom. The first-order chi connectivity index (χ1) is 9.89. The molecular weight excluding hydrogens is 292 g/mol. The van der Waals surface area contributed by atoms with Gasteiger partial charge in [0.15, 0.2) is 0 Å². The van der Waals surface area contributed by atoms with E-state index in [0.29, 0.717) is 10.6 Å². The highest BCUT2D eigenvalue weighted by atomic mass is 35.5. The molecule has 0 aliphatic heterocycles. The van der Waals surface area contributed by atoms with Gasteiger partial charge in [0.1, 0.15) is 18.3 Å². The predicted octanol–water partition coefficient (Wildman–Crippen LogP) is 2.61. The summed E-state index contributed by atoms with van der Waals surface area (Å²) in [4.78, 5) is 14.6. The fourth-order valence-electron chi connectivity index (χ4n) is 2.26. The van der Waals surface area contributed by atoms with Gasteiger partial charge >= 0.3 is 0 Å². The van der Waals surface area contributed by atoms with Crippen LogP contribution in [0.2, 0.25) is 5.02 Å². The second-order valence-electron chi connectivity index (χ2n) is 5.63. The van der Waals surface area contributed by atoms with Crippen LogP contribution in [-0.2, 0) is 12.1 Å². The van der Waals surface area contributed by atoms with Crippen LogP contribution in [0.4, 0.5) is 0 Å². The van der Waals surface area contributed by atoms with Crippen LogP contribution in [-0.4, -0.2) is 26.4 Å². The first-order valence-electron chi connectivity index (χ1n) is 6.49. The number of nitrogens with zero attached hydrogens (tertiary/aromatic N) is 4. The lowest BCUT2D eigenvalue weighted by atomic mass is 9.70. The number of hydrogen-bond acceptors (Lipinski definition) is 5. The van der Waals surface area contributed by atoms with Crippen LogP contribution in [0.15, 0.2) is 42.1 Å². The van der Waals surface area contributed by atoms with Gasteiger partial charge in [0.05, 0.1) is 13.1 Å². The zero-order valence-corrected chi connectivity index (χ0v) is 12.7. The van der Waals surface area contributed by atoms with Crippen LogP contribution < -0.4 is 0 Å². The highest BCUT2D eigenvalue weighted by Gasteiger charge is 2.46. The minimum Gasteiger partial charge on any atom is -0.383 e. The van der Waals surface area contributed by atoms with Crippen molar-refractivity contribution >= 4 is 11.6 Å². The Kier molecular flexibility index (Phi) is 4.39. The maximum absolute atomic E-state index is 11.3. The number of aliphatic hydroxyl groups is 1. The molecule has 1 aromatic heterocycles. The molecule has 0 aliphatic rings. The van der Waals surface area contributed by atoms with Gasteiger partial charge in [-0.05, 0) is 17.7 Å². The Morgan fingerprint density at radius 2 is 2.00 bits per heavy atom. The van der Waals surface area contributed by atoms with Crippen molar-refractivity contribution in [1.82, 2.24) is 14.8 Å². The van der Waals surface area contributed by atoms with Crippen molar-refractivity contribution < 1.29 is 5.11 Å². The second-order valence-corrected chi connectivity index (χ2v) is 6.07. The first-order valence-corrected chi connectivity index (χ1v) is 6.87.